The second-order valence-corrected chi connectivity index (χ2v) is 6.31. The molecule has 0 radical (unpaired) electrons. The standard InChI is InChI=1S/C16H12ClF6N3O2/c17-11-7(14(13(25)28)6-2-1-3-8(14)12(24)27)4-5-9(26-11)10(15(18,19)20)16(21,22)23/h1-6,8,10H,(H2,24,27)(H2,25,28). The van der Waals surface area contributed by atoms with Crippen molar-refractivity contribution in [1.29, 1.82) is 0 Å². The third kappa shape index (κ3) is 3.71. The molecule has 1 aromatic heterocycles. The summed E-state index contributed by atoms with van der Waals surface area (Å²) in [5, 5.41) is -0.846. The predicted molar refractivity (Wildman–Crippen MR) is 85.9 cm³/mol. The summed E-state index contributed by atoms with van der Waals surface area (Å²) in [6, 6.07) is 1.18. The minimum atomic E-state index is -5.68. The van der Waals surface area contributed by atoms with Gasteiger partial charge >= 0.3 is 12.4 Å². The molecule has 5 nitrogen and oxygen atoms in total. The maximum atomic E-state index is 12.9. The van der Waals surface area contributed by atoms with E-state index < -0.39 is 52.3 Å². The summed E-state index contributed by atoms with van der Waals surface area (Å²) >= 11 is 5.85. The van der Waals surface area contributed by atoms with Crippen LogP contribution in [-0.4, -0.2) is 29.2 Å². The van der Waals surface area contributed by atoms with Crippen molar-refractivity contribution >= 4 is 23.4 Å². The van der Waals surface area contributed by atoms with Gasteiger partial charge in [0.05, 0.1) is 11.6 Å². The molecule has 0 bridgehead atoms. The summed E-state index contributed by atoms with van der Waals surface area (Å²) in [6.45, 7) is 0. The highest BCUT2D eigenvalue weighted by atomic mass is 35.5. The van der Waals surface area contributed by atoms with Gasteiger partial charge in [0, 0.05) is 5.56 Å². The summed E-state index contributed by atoms with van der Waals surface area (Å²) in [7, 11) is 0. The van der Waals surface area contributed by atoms with E-state index in [1.807, 2.05) is 0 Å². The fraction of sp³-hybridized carbons (Fsp3) is 0.312. The number of hydrogen-bond donors (Lipinski definition) is 2. The highest BCUT2D eigenvalue weighted by Gasteiger charge is 2.58. The summed E-state index contributed by atoms with van der Waals surface area (Å²) in [6.07, 6.45) is -6.33. The van der Waals surface area contributed by atoms with Crippen LogP contribution in [-0.2, 0) is 15.0 Å². The summed E-state index contributed by atoms with van der Waals surface area (Å²) in [4.78, 5) is 27.1. The van der Waals surface area contributed by atoms with E-state index in [1.54, 1.807) is 0 Å². The second kappa shape index (κ2) is 7.12. The highest BCUT2D eigenvalue weighted by molar-refractivity contribution is 6.30. The lowest BCUT2D eigenvalue weighted by Gasteiger charge is -2.35. The zero-order valence-electron chi connectivity index (χ0n) is 13.7. The van der Waals surface area contributed by atoms with E-state index in [0.717, 1.165) is 12.1 Å². The van der Waals surface area contributed by atoms with Gasteiger partial charge in [0.2, 0.25) is 11.8 Å². The lowest BCUT2D eigenvalue weighted by Crippen LogP contribution is -2.51. The van der Waals surface area contributed by atoms with E-state index in [2.05, 4.69) is 4.98 Å². The average molecular weight is 428 g/mol. The van der Waals surface area contributed by atoms with Crippen LogP contribution in [0.5, 0.6) is 0 Å². The smallest absolute Gasteiger partial charge is 0.369 e. The van der Waals surface area contributed by atoms with E-state index in [9.17, 15) is 35.9 Å². The van der Waals surface area contributed by atoms with Crippen molar-refractivity contribution in [3.8, 4) is 0 Å². The predicted octanol–water partition coefficient (Wildman–Crippen LogP) is 2.89. The molecule has 0 saturated carbocycles. The Morgan fingerprint density at radius 1 is 1.07 bits per heavy atom. The molecule has 0 fully saturated rings. The SMILES string of the molecule is NC(=O)C1C=CC=CC1(C(N)=O)c1ccc(C(C(F)(F)F)C(F)(F)F)nc1Cl. The van der Waals surface area contributed by atoms with Gasteiger partial charge in [-0.05, 0) is 6.07 Å². The van der Waals surface area contributed by atoms with E-state index >= 15 is 0 Å². The maximum absolute atomic E-state index is 12.9. The Bertz CT molecular complexity index is 851. The number of nitrogens with zero attached hydrogens (tertiary/aromatic N) is 1. The Morgan fingerprint density at radius 3 is 2.07 bits per heavy atom. The van der Waals surface area contributed by atoms with Crippen molar-refractivity contribution in [1.82, 2.24) is 4.98 Å². The molecule has 0 saturated heterocycles. The molecule has 2 rings (SSSR count). The largest absolute Gasteiger partial charge is 0.406 e. The Balaban J connectivity index is 2.68. The molecular weight excluding hydrogens is 416 g/mol. The van der Waals surface area contributed by atoms with Crippen molar-refractivity contribution in [3.63, 3.8) is 0 Å². The highest BCUT2D eigenvalue weighted by Crippen LogP contribution is 2.47. The number of amides is 2. The fourth-order valence-corrected chi connectivity index (χ4v) is 3.34. The Kier molecular flexibility index (Phi) is 5.52. The van der Waals surface area contributed by atoms with Gasteiger partial charge in [-0.3, -0.25) is 9.59 Å². The lowest BCUT2D eigenvalue weighted by molar-refractivity contribution is -0.254. The summed E-state index contributed by atoms with van der Waals surface area (Å²) in [5.41, 5.74) is 6.87. The van der Waals surface area contributed by atoms with Gasteiger partial charge in [-0.15, -0.1) is 0 Å². The van der Waals surface area contributed by atoms with Gasteiger partial charge in [0.1, 0.15) is 10.6 Å². The zero-order valence-corrected chi connectivity index (χ0v) is 14.4. The minimum absolute atomic E-state index is 0.349. The fourth-order valence-electron chi connectivity index (χ4n) is 3.02. The number of pyridine rings is 1. The van der Waals surface area contributed by atoms with Gasteiger partial charge in [-0.2, -0.15) is 26.3 Å². The number of alkyl halides is 6. The van der Waals surface area contributed by atoms with Gasteiger partial charge in [0.25, 0.3) is 0 Å². The van der Waals surface area contributed by atoms with Crippen LogP contribution in [0.15, 0.2) is 36.4 Å². The summed E-state index contributed by atoms with van der Waals surface area (Å²) < 4.78 is 77.4. The third-order valence-corrected chi connectivity index (χ3v) is 4.53. The number of nitrogens with two attached hydrogens (primary N) is 2. The molecule has 1 aliphatic carbocycles. The van der Waals surface area contributed by atoms with Crippen LogP contribution in [0.3, 0.4) is 0 Å². The van der Waals surface area contributed by atoms with Crippen molar-refractivity contribution in [2.75, 3.05) is 0 Å². The Labute approximate surface area is 159 Å². The van der Waals surface area contributed by atoms with E-state index in [-0.39, 0.29) is 5.56 Å². The molecule has 2 atom stereocenters. The van der Waals surface area contributed by atoms with Gasteiger partial charge < -0.3 is 11.5 Å². The van der Waals surface area contributed by atoms with Crippen LogP contribution in [0.4, 0.5) is 26.3 Å². The van der Waals surface area contributed by atoms with Crippen LogP contribution in [0, 0.1) is 5.92 Å². The number of allylic oxidation sites excluding steroid dienone is 2. The van der Waals surface area contributed by atoms with Crippen molar-refractivity contribution in [2.45, 2.75) is 23.7 Å². The molecular formula is C16H12ClF6N3O2. The molecule has 4 N–H and O–H groups in total. The zero-order chi connectivity index (χ0) is 21.5. The first-order valence-corrected chi connectivity index (χ1v) is 7.86. The molecule has 152 valence electrons. The van der Waals surface area contributed by atoms with Crippen LogP contribution in [0.25, 0.3) is 0 Å². The van der Waals surface area contributed by atoms with Crippen LogP contribution < -0.4 is 11.5 Å². The van der Waals surface area contributed by atoms with Crippen LogP contribution in [0.2, 0.25) is 5.15 Å². The molecule has 1 aromatic rings. The van der Waals surface area contributed by atoms with E-state index in [4.69, 9.17) is 23.1 Å². The quantitative estimate of drug-likeness (QED) is 0.571. The third-order valence-electron chi connectivity index (χ3n) is 4.24. The first-order valence-electron chi connectivity index (χ1n) is 7.48. The van der Waals surface area contributed by atoms with Crippen molar-refractivity contribution < 1.29 is 35.9 Å². The lowest BCUT2D eigenvalue weighted by atomic mass is 9.67. The van der Waals surface area contributed by atoms with Gasteiger partial charge in [0.15, 0.2) is 5.92 Å². The second-order valence-electron chi connectivity index (χ2n) is 5.95. The molecule has 2 unspecified atom stereocenters. The number of carbonyl (C=O) groups is 2. The maximum Gasteiger partial charge on any atom is 0.406 e. The van der Waals surface area contributed by atoms with E-state index in [1.165, 1.54) is 18.2 Å². The Hall–Kier alpha value is -2.56. The van der Waals surface area contributed by atoms with E-state index in [0.29, 0.717) is 6.07 Å². The molecule has 12 heteroatoms. The molecule has 0 aliphatic heterocycles. The topological polar surface area (TPSA) is 99.1 Å². The average Bonchev–Trinajstić information content (AvgIpc) is 2.51. The molecule has 0 spiro atoms. The molecule has 0 aromatic carbocycles. The minimum Gasteiger partial charge on any atom is -0.369 e. The summed E-state index contributed by atoms with van der Waals surface area (Å²) in [5.74, 6) is -7.41. The number of hydrogen-bond acceptors (Lipinski definition) is 3. The van der Waals surface area contributed by atoms with Gasteiger partial charge in [-0.25, -0.2) is 4.98 Å². The number of aromatic nitrogens is 1. The monoisotopic (exact) mass is 427 g/mol. The number of rotatable bonds is 4. The number of primary amides is 2. The Morgan fingerprint density at radius 2 is 1.64 bits per heavy atom. The number of carbonyl (C=O) groups excluding carboxylic acids is 2. The normalized spacial score (nSPS) is 22.5. The first kappa shape index (κ1) is 21.7. The molecule has 1 heterocycles. The first-order chi connectivity index (χ1) is 12.7. The van der Waals surface area contributed by atoms with Gasteiger partial charge in [-0.1, -0.05) is 42.0 Å². The van der Waals surface area contributed by atoms with Crippen molar-refractivity contribution in [2.24, 2.45) is 17.4 Å². The van der Waals surface area contributed by atoms with Crippen LogP contribution in [0.1, 0.15) is 17.2 Å². The molecule has 28 heavy (non-hydrogen) atoms. The molecule has 1 aliphatic rings. The van der Waals surface area contributed by atoms with Crippen molar-refractivity contribution in [3.05, 3.63) is 52.8 Å². The number of halogens is 7. The van der Waals surface area contributed by atoms with Crippen LogP contribution >= 0.6 is 11.6 Å². The molecule has 2 amide bonds.